The van der Waals surface area contributed by atoms with Crippen LogP contribution >= 0.6 is 0 Å². The molecule has 6 nitrogen and oxygen atoms in total. The van der Waals surface area contributed by atoms with Gasteiger partial charge in [-0.1, -0.05) is 5.16 Å². The van der Waals surface area contributed by atoms with Crippen molar-refractivity contribution in [2.75, 3.05) is 24.2 Å². The maximum absolute atomic E-state index is 13.5. The van der Waals surface area contributed by atoms with Crippen LogP contribution in [0.15, 0.2) is 10.6 Å². The number of halogens is 2. The van der Waals surface area contributed by atoms with Gasteiger partial charge in [-0.15, -0.1) is 0 Å². The van der Waals surface area contributed by atoms with Gasteiger partial charge < -0.3 is 15.2 Å². The smallest absolute Gasteiger partial charge is 0.228 e. The van der Waals surface area contributed by atoms with Crippen LogP contribution < -0.4 is 10.6 Å². The van der Waals surface area contributed by atoms with Crippen molar-refractivity contribution < 1.29 is 13.3 Å². The van der Waals surface area contributed by atoms with Gasteiger partial charge in [-0.25, -0.2) is 13.8 Å². The molecule has 0 spiro atoms. The Hall–Kier alpha value is -2.25. The van der Waals surface area contributed by atoms with E-state index in [0.29, 0.717) is 24.7 Å². The number of aryl methyl sites for hydroxylation is 1. The van der Waals surface area contributed by atoms with Crippen molar-refractivity contribution in [2.24, 2.45) is 0 Å². The molecule has 102 valence electrons. The van der Waals surface area contributed by atoms with Crippen molar-refractivity contribution in [2.45, 2.75) is 13.3 Å². The number of nitrogens with one attached hydrogen (secondary N) is 2. The molecule has 2 aromatic heterocycles. The Labute approximate surface area is 108 Å². The predicted octanol–water partition coefficient (Wildman–Crippen LogP) is 1.75. The molecule has 0 aliphatic heterocycles. The second-order valence-corrected chi connectivity index (χ2v) is 3.81. The summed E-state index contributed by atoms with van der Waals surface area (Å²) in [7, 11) is 1.51. The first-order valence-corrected chi connectivity index (χ1v) is 5.67. The molecule has 0 unspecified atom stereocenters. The first-order valence-electron chi connectivity index (χ1n) is 5.67. The van der Waals surface area contributed by atoms with E-state index in [1.54, 1.807) is 6.92 Å². The van der Waals surface area contributed by atoms with Crippen molar-refractivity contribution in [3.05, 3.63) is 29.4 Å². The van der Waals surface area contributed by atoms with Gasteiger partial charge in [0.15, 0.2) is 29.1 Å². The summed E-state index contributed by atoms with van der Waals surface area (Å²) in [6, 6.07) is 0.776. The second kappa shape index (κ2) is 5.59. The molecule has 8 heteroatoms. The monoisotopic (exact) mass is 269 g/mol. The Morgan fingerprint density at radius 2 is 1.95 bits per heavy atom. The minimum absolute atomic E-state index is 0.0162. The lowest BCUT2D eigenvalue weighted by atomic mass is 10.3. The van der Waals surface area contributed by atoms with Crippen LogP contribution in [0.3, 0.4) is 0 Å². The lowest BCUT2D eigenvalue weighted by Gasteiger charge is -2.08. The SMILES string of the molecule is CNc1nc(NCCc2nc(C)no2)c(F)cc1F. The second-order valence-electron chi connectivity index (χ2n) is 3.81. The third-order valence-corrected chi connectivity index (χ3v) is 2.37. The van der Waals surface area contributed by atoms with E-state index in [9.17, 15) is 8.78 Å². The summed E-state index contributed by atoms with van der Waals surface area (Å²) in [4.78, 5) is 7.80. The van der Waals surface area contributed by atoms with Gasteiger partial charge >= 0.3 is 0 Å². The molecule has 2 aromatic rings. The van der Waals surface area contributed by atoms with Gasteiger partial charge in [0.25, 0.3) is 0 Å². The summed E-state index contributed by atoms with van der Waals surface area (Å²) in [5, 5.41) is 8.93. The fourth-order valence-corrected chi connectivity index (χ4v) is 1.50. The fraction of sp³-hybridized carbons (Fsp3) is 0.364. The highest BCUT2D eigenvalue weighted by atomic mass is 19.1. The molecule has 0 amide bonds. The quantitative estimate of drug-likeness (QED) is 0.861. The molecule has 19 heavy (non-hydrogen) atoms. The van der Waals surface area contributed by atoms with Crippen LogP contribution in [0.1, 0.15) is 11.7 Å². The minimum Gasteiger partial charge on any atom is -0.371 e. The van der Waals surface area contributed by atoms with Crippen LogP contribution in [0.4, 0.5) is 20.4 Å². The largest absolute Gasteiger partial charge is 0.371 e. The number of hydrogen-bond donors (Lipinski definition) is 2. The van der Waals surface area contributed by atoms with E-state index in [1.165, 1.54) is 7.05 Å². The van der Waals surface area contributed by atoms with Crippen molar-refractivity contribution in [1.29, 1.82) is 0 Å². The highest BCUT2D eigenvalue weighted by molar-refractivity contribution is 5.47. The van der Waals surface area contributed by atoms with E-state index in [4.69, 9.17) is 4.52 Å². The summed E-state index contributed by atoms with van der Waals surface area (Å²) >= 11 is 0. The number of aromatic nitrogens is 3. The van der Waals surface area contributed by atoms with Crippen molar-refractivity contribution in [1.82, 2.24) is 15.1 Å². The molecule has 2 N–H and O–H groups in total. The normalized spacial score (nSPS) is 10.5. The summed E-state index contributed by atoms with van der Waals surface area (Å²) < 4.78 is 31.6. The summed E-state index contributed by atoms with van der Waals surface area (Å²) in [6.07, 6.45) is 0.425. The van der Waals surface area contributed by atoms with E-state index in [2.05, 4.69) is 25.8 Å². The number of rotatable bonds is 5. The molecule has 0 bridgehead atoms. The molecular formula is C11H13F2N5O. The molecule has 2 heterocycles. The predicted molar refractivity (Wildman–Crippen MR) is 64.9 cm³/mol. The number of anilines is 2. The number of hydrogen-bond acceptors (Lipinski definition) is 6. The molecule has 0 atom stereocenters. The zero-order valence-electron chi connectivity index (χ0n) is 10.5. The van der Waals surface area contributed by atoms with E-state index < -0.39 is 11.6 Å². The van der Waals surface area contributed by atoms with Crippen LogP contribution in [0.5, 0.6) is 0 Å². The Bertz CT molecular complexity index is 572. The van der Waals surface area contributed by atoms with Gasteiger partial charge in [-0.2, -0.15) is 4.98 Å². The molecule has 0 aliphatic rings. The molecular weight excluding hydrogens is 256 g/mol. The van der Waals surface area contributed by atoms with E-state index in [0.717, 1.165) is 6.07 Å². The molecule has 0 radical (unpaired) electrons. The Morgan fingerprint density at radius 1 is 1.21 bits per heavy atom. The van der Waals surface area contributed by atoms with Gasteiger partial charge in [0.1, 0.15) is 0 Å². The maximum atomic E-state index is 13.5. The summed E-state index contributed by atoms with van der Waals surface area (Å²) in [5.74, 6) is -0.546. The Morgan fingerprint density at radius 3 is 2.58 bits per heavy atom. The number of pyridine rings is 1. The average Bonchev–Trinajstić information content (AvgIpc) is 2.78. The van der Waals surface area contributed by atoms with Gasteiger partial charge in [-0.05, 0) is 6.92 Å². The van der Waals surface area contributed by atoms with Gasteiger partial charge in [0, 0.05) is 26.1 Å². The van der Waals surface area contributed by atoms with Gasteiger partial charge in [0.05, 0.1) is 0 Å². The van der Waals surface area contributed by atoms with Gasteiger partial charge in [0.2, 0.25) is 5.89 Å². The maximum Gasteiger partial charge on any atom is 0.228 e. The highest BCUT2D eigenvalue weighted by Gasteiger charge is 2.11. The summed E-state index contributed by atoms with van der Waals surface area (Å²) in [6.45, 7) is 2.06. The third-order valence-electron chi connectivity index (χ3n) is 2.37. The zero-order valence-corrected chi connectivity index (χ0v) is 10.5. The number of nitrogens with zero attached hydrogens (tertiary/aromatic N) is 3. The van der Waals surface area contributed by atoms with E-state index >= 15 is 0 Å². The van der Waals surface area contributed by atoms with Crippen molar-refractivity contribution >= 4 is 11.6 Å². The summed E-state index contributed by atoms with van der Waals surface area (Å²) in [5.41, 5.74) is 0. The average molecular weight is 269 g/mol. The third kappa shape index (κ3) is 3.15. The van der Waals surface area contributed by atoms with E-state index in [-0.39, 0.29) is 11.6 Å². The molecule has 2 rings (SSSR count). The zero-order chi connectivity index (χ0) is 13.8. The standard InChI is InChI=1S/C11H13F2N5O/c1-6-16-9(19-18-6)3-4-15-11-8(13)5-7(12)10(14-2)17-11/h5H,3-4H2,1-2H3,(H2,14,15,17). The highest BCUT2D eigenvalue weighted by Crippen LogP contribution is 2.18. The van der Waals surface area contributed by atoms with Crippen LogP contribution in [-0.2, 0) is 6.42 Å². The van der Waals surface area contributed by atoms with Crippen molar-refractivity contribution in [3.63, 3.8) is 0 Å². The van der Waals surface area contributed by atoms with E-state index in [1.807, 2.05) is 0 Å². The lowest BCUT2D eigenvalue weighted by Crippen LogP contribution is -2.10. The molecule has 0 fully saturated rings. The molecule has 0 saturated heterocycles. The van der Waals surface area contributed by atoms with Crippen LogP contribution in [0.25, 0.3) is 0 Å². The van der Waals surface area contributed by atoms with Crippen LogP contribution in [0, 0.1) is 18.6 Å². The molecule has 0 saturated carbocycles. The molecule has 0 aromatic carbocycles. The molecule has 0 aliphatic carbocycles. The lowest BCUT2D eigenvalue weighted by molar-refractivity contribution is 0.377. The Balaban J connectivity index is 1.99. The van der Waals surface area contributed by atoms with Crippen LogP contribution in [-0.4, -0.2) is 28.7 Å². The van der Waals surface area contributed by atoms with Crippen molar-refractivity contribution in [3.8, 4) is 0 Å². The first kappa shape index (κ1) is 13.2. The minimum atomic E-state index is -0.752. The Kier molecular flexibility index (Phi) is 3.88. The van der Waals surface area contributed by atoms with Gasteiger partial charge in [-0.3, -0.25) is 0 Å². The first-order chi connectivity index (χ1) is 9.10. The fourth-order valence-electron chi connectivity index (χ4n) is 1.50. The van der Waals surface area contributed by atoms with Crippen LogP contribution in [0.2, 0.25) is 0 Å². The topological polar surface area (TPSA) is 75.9 Å².